The topological polar surface area (TPSA) is 48.1 Å². The molecule has 1 atom stereocenters. The molecule has 0 bridgehead atoms. The second kappa shape index (κ2) is 5.60. The molecule has 1 rings (SSSR count). The van der Waals surface area contributed by atoms with E-state index < -0.39 is 13.0 Å². The van der Waals surface area contributed by atoms with Crippen LogP contribution in [-0.2, 0) is 6.42 Å². The molecule has 0 radical (unpaired) electrons. The van der Waals surface area contributed by atoms with Crippen LogP contribution in [0.3, 0.4) is 0 Å². The minimum atomic E-state index is -2.46. The van der Waals surface area contributed by atoms with Gasteiger partial charge in [-0.1, -0.05) is 0 Å². The number of halogens is 2. The Kier molecular flexibility index (Phi) is 4.42. The minimum absolute atomic E-state index is 0.0327. The fourth-order valence-electron chi connectivity index (χ4n) is 1.11. The van der Waals surface area contributed by atoms with Gasteiger partial charge in [0.1, 0.15) is 12.4 Å². The summed E-state index contributed by atoms with van der Waals surface area (Å²) in [5, 5.41) is 0. The summed E-state index contributed by atoms with van der Waals surface area (Å²) in [6.45, 7) is 1.28. The molecule has 0 fully saturated rings. The zero-order valence-corrected chi connectivity index (χ0v) is 8.49. The van der Waals surface area contributed by atoms with E-state index in [1.54, 1.807) is 12.1 Å². The van der Waals surface area contributed by atoms with Gasteiger partial charge in [0.05, 0.1) is 6.20 Å². The third-order valence-electron chi connectivity index (χ3n) is 1.70. The van der Waals surface area contributed by atoms with Crippen LogP contribution >= 0.6 is 0 Å². The van der Waals surface area contributed by atoms with E-state index in [1.165, 1.54) is 6.20 Å². The molecular formula is C10H14F2N2O. The van der Waals surface area contributed by atoms with Crippen LogP contribution in [-0.4, -0.2) is 24.1 Å². The molecule has 0 aliphatic carbocycles. The molecule has 0 aliphatic heterocycles. The first-order valence-corrected chi connectivity index (χ1v) is 4.69. The highest BCUT2D eigenvalue weighted by Crippen LogP contribution is 2.11. The molecule has 84 valence electrons. The fourth-order valence-corrected chi connectivity index (χ4v) is 1.11. The largest absolute Gasteiger partial charge is 0.486 e. The lowest BCUT2D eigenvalue weighted by molar-refractivity contribution is 0.0817. The van der Waals surface area contributed by atoms with Gasteiger partial charge in [-0.2, -0.15) is 0 Å². The van der Waals surface area contributed by atoms with Crippen molar-refractivity contribution in [2.75, 3.05) is 6.61 Å². The number of nitrogens with two attached hydrogens (primary N) is 1. The van der Waals surface area contributed by atoms with E-state index in [9.17, 15) is 8.78 Å². The van der Waals surface area contributed by atoms with Gasteiger partial charge < -0.3 is 10.5 Å². The quantitative estimate of drug-likeness (QED) is 0.813. The maximum absolute atomic E-state index is 11.8. The Labute approximate surface area is 87.3 Å². The maximum Gasteiger partial charge on any atom is 0.272 e. The molecule has 0 saturated carbocycles. The monoisotopic (exact) mass is 216 g/mol. The van der Waals surface area contributed by atoms with Crippen LogP contribution in [0.1, 0.15) is 12.6 Å². The van der Waals surface area contributed by atoms with Gasteiger partial charge >= 0.3 is 0 Å². The average molecular weight is 216 g/mol. The van der Waals surface area contributed by atoms with E-state index in [0.29, 0.717) is 12.2 Å². The summed E-state index contributed by atoms with van der Waals surface area (Å²) in [5.41, 5.74) is 6.42. The van der Waals surface area contributed by atoms with Crippen LogP contribution in [0.15, 0.2) is 18.3 Å². The lowest BCUT2D eigenvalue weighted by atomic mass is 10.2. The van der Waals surface area contributed by atoms with Gasteiger partial charge in [-0.05, 0) is 19.1 Å². The first-order valence-electron chi connectivity index (χ1n) is 4.69. The van der Waals surface area contributed by atoms with Crippen molar-refractivity contribution in [3.8, 4) is 5.75 Å². The molecule has 0 spiro atoms. The van der Waals surface area contributed by atoms with Gasteiger partial charge in [0.2, 0.25) is 0 Å². The van der Waals surface area contributed by atoms with Crippen LogP contribution < -0.4 is 10.5 Å². The predicted octanol–water partition coefficient (Wildman–Crippen LogP) is 1.62. The Morgan fingerprint density at radius 2 is 2.20 bits per heavy atom. The minimum Gasteiger partial charge on any atom is -0.486 e. The van der Waals surface area contributed by atoms with Crippen molar-refractivity contribution in [1.82, 2.24) is 4.98 Å². The van der Waals surface area contributed by atoms with E-state index >= 15 is 0 Å². The number of ether oxygens (including phenoxy) is 1. The van der Waals surface area contributed by atoms with E-state index in [-0.39, 0.29) is 6.04 Å². The van der Waals surface area contributed by atoms with Crippen molar-refractivity contribution in [3.05, 3.63) is 24.0 Å². The molecule has 0 saturated heterocycles. The predicted molar refractivity (Wildman–Crippen MR) is 53.1 cm³/mol. The van der Waals surface area contributed by atoms with Crippen molar-refractivity contribution in [1.29, 1.82) is 0 Å². The second-order valence-electron chi connectivity index (χ2n) is 3.37. The van der Waals surface area contributed by atoms with Gasteiger partial charge in [0.15, 0.2) is 0 Å². The van der Waals surface area contributed by atoms with Crippen molar-refractivity contribution in [3.63, 3.8) is 0 Å². The summed E-state index contributed by atoms with van der Waals surface area (Å²) in [6, 6.07) is 3.38. The first kappa shape index (κ1) is 11.8. The van der Waals surface area contributed by atoms with Gasteiger partial charge in [-0.3, -0.25) is 4.98 Å². The smallest absolute Gasteiger partial charge is 0.272 e. The molecular weight excluding hydrogens is 202 g/mol. The highest BCUT2D eigenvalue weighted by atomic mass is 19.3. The molecule has 3 nitrogen and oxygen atoms in total. The Hall–Kier alpha value is -1.23. The molecule has 2 N–H and O–H groups in total. The number of hydrogen-bond donors (Lipinski definition) is 1. The summed E-state index contributed by atoms with van der Waals surface area (Å²) in [5.74, 6) is 0.351. The summed E-state index contributed by atoms with van der Waals surface area (Å²) >= 11 is 0. The second-order valence-corrected chi connectivity index (χ2v) is 3.37. The molecule has 1 aromatic heterocycles. The third-order valence-corrected chi connectivity index (χ3v) is 1.70. The van der Waals surface area contributed by atoms with Crippen molar-refractivity contribution >= 4 is 0 Å². The Balaban J connectivity index is 2.49. The molecule has 1 heterocycles. The van der Waals surface area contributed by atoms with Gasteiger partial charge in [-0.15, -0.1) is 0 Å². The standard InChI is InChI=1S/C10H14F2N2O/c1-7(13)4-8-2-3-9(5-14-8)15-6-10(11)12/h2-3,5,7,10H,4,6,13H2,1H3. The lowest BCUT2D eigenvalue weighted by Crippen LogP contribution is -2.18. The number of nitrogens with zero attached hydrogens (tertiary/aromatic N) is 1. The molecule has 0 aliphatic rings. The highest BCUT2D eigenvalue weighted by molar-refractivity contribution is 5.20. The van der Waals surface area contributed by atoms with Crippen molar-refractivity contribution in [2.24, 2.45) is 5.73 Å². The Morgan fingerprint density at radius 3 is 2.67 bits per heavy atom. The lowest BCUT2D eigenvalue weighted by Gasteiger charge is -2.07. The molecule has 1 aromatic rings. The summed E-state index contributed by atoms with van der Waals surface area (Å²) in [4.78, 5) is 4.05. The van der Waals surface area contributed by atoms with E-state index in [1.807, 2.05) is 6.92 Å². The normalized spacial score (nSPS) is 12.9. The molecule has 0 amide bonds. The average Bonchev–Trinajstić information content (AvgIpc) is 2.16. The molecule has 5 heteroatoms. The fraction of sp³-hybridized carbons (Fsp3) is 0.500. The number of rotatable bonds is 5. The van der Waals surface area contributed by atoms with Crippen LogP contribution in [0, 0.1) is 0 Å². The van der Waals surface area contributed by atoms with E-state index in [0.717, 1.165) is 5.69 Å². The number of alkyl halides is 2. The zero-order valence-electron chi connectivity index (χ0n) is 8.49. The Morgan fingerprint density at radius 1 is 1.47 bits per heavy atom. The highest BCUT2D eigenvalue weighted by Gasteiger charge is 2.04. The first-order chi connectivity index (χ1) is 7.08. The maximum atomic E-state index is 11.8. The van der Waals surface area contributed by atoms with Gasteiger partial charge in [0.25, 0.3) is 6.43 Å². The third kappa shape index (κ3) is 4.69. The van der Waals surface area contributed by atoms with Crippen LogP contribution in [0.2, 0.25) is 0 Å². The summed E-state index contributed by atoms with van der Waals surface area (Å²) in [6.07, 6.45) is -0.372. The van der Waals surface area contributed by atoms with Crippen molar-refractivity contribution in [2.45, 2.75) is 25.8 Å². The van der Waals surface area contributed by atoms with Crippen LogP contribution in [0.25, 0.3) is 0 Å². The number of pyridine rings is 1. The molecule has 1 unspecified atom stereocenters. The Bertz CT molecular complexity index is 288. The van der Waals surface area contributed by atoms with E-state index in [4.69, 9.17) is 10.5 Å². The molecule has 0 aromatic carbocycles. The van der Waals surface area contributed by atoms with Crippen molar-refractivity contribution < 1.29 is 13.5 Å². The number of aromatic nitrogens is 1. The summed E-state index contributed by atoms with van der Waals surface area (Å²) in [7, 11) is 0. The van der Waals surface area contributed by atoms with Gasteiger partial charge in [0, 0.05) is 18.2 Å². The summed E-state index contributed by atoms with van der Waals surface area (Å²) < 4.78 is 28.4. The van der Waals surface area contributed by atoms with Crippen LogP contribution in [0.5, 0.6) is 5.75 Å². The van der Waals surface area contributed by atoms with Gasteiger partial charge in [-0.25, -0.2) is 8.78 Å². The SMILES string of the molecule is CC(N)Cc1ccc(OCC(F)F)cn1. The van der Waals surface area contributed by atoms with E-state index in [2.05, 4.69) is 4.98 Å². The zero-order chi connectivity index (χ0) is 11.3. The molecule has 15 heavy (non-hydrogen) atoms. The number of hydrogen-bond acceptors (Lipinski definition) is 3. The van der Waals surface area contributed by atoms with Crippen LogP contribution in [0.4, 0.5) is 8.78 Å².